The van der Waals surface area contributed by atoms with Gasteiger partial charge in [0.15, 0.2) is 11.5 Å². The summed E-state index contributed by atoms with van der Waals surface area (Å²) in [5, 5.41) is 0. The van der Waals surface area contributed by atoms with Gasteiger partial charge in [0.25, 0.3) is 0 Å². The molecule has 0 bridgehead atoms. The number of benzene rings is 2. The van der Waals surface area contributed by atoms with Gasteiger partial charge in [0, 0.05) is 36.6 Å². The van der Waals surface area contributed by atoms with Crippen LogP contribution in [0.25, 0.3) is 5.69 Å². The number of aromatic nitrogens is 2. The van der Waals surface area contributed by atoms with Gasteiger partial charge in [-0.15, -0.1) is 0 Å². The second-order valence-electron chi connectivity index (χ2n) is 6.56. The molecular formula is C20H21N3O4S. The molecule has 1 atom stereocenters. The zero-order valence-electron chi connectivity index (χ0n) is 15.4. The highest BCUT2D eigenvalue weighted by molar-refractivity contribution is 7.89. The van der Waals surface area contributed by atoms with E-state index < -0.39 is 16.1 Å². The highest BCUT2D eigenvalue weighted by atomic mass is 32.2. The average molecular weight is 399 g/mol. The molecule has 146 valence electrons. The van der Waals surface area contributed by atoms with E-state index in [1.54, 1.807) is 18.6 Å². The van der Waals surface area contributed by atoms with Gasteiger partial charge in [-0.3, -0.25) is 0 Å². The summed E-state index contributed by atoms with van der Waals surface area (Å²) in [7, 11) is -3.71. The first-order valence-corrected chi connectivity index (χ1v) is 10.5. The van der Waals surface area contributed by atoms with Crippen molar-refractivity contribution in [2.45, 2.75) is 24.3 Å². The molecule has 1 N–H and O–H groups in total. The van der Waals surface area contributed by atoms with E-state index in [-0.39, 0.29) is 4.90 Å². The molecule has 1 aromatic heterocycles. The van der Waals surface area contributed by atoms with Crippen LogP contribution in [-0.2, 0) is 10.0 Å². The van der Waals surface area contributed by atoms with Crippen LogP contribution in [-0.4, -0.2) is 31.2 Å². The van der Waals surface area contributed by atoms with Gasteiger partial charge in [-0.25, -0.2) is 18.1 Å². The Bertz CT molecular complexity index is 1050. The number of fused-ring (bicyclic) bond motifs is 1. The van der Waals surface area contributed by atoms with E-state index in [2.05, 4.69) is 9.71 Å². The maximum absolute atomic E-state index is 12.8. The molecule has 7 nitrogen and oxygen atoms in total. The number of hydrogen-bond acceptors (Lipinski definition) is 5. The van der Waals surface area contributed by atoms with Crippen molar-refractivity contribution < 1.29 is 17.9 Å². The lowest BCUT2D eigenvalue weighted by atomic mass is 10.1. The van der Waals surface area contributed by atoms with Crippen molar-refractivity contribution in [1.82, 2.24) is 14.3 Å². The SMILES string of the molecule is C[C@@H](NS(=O)(=O)c1ccc2c(c1)OCCCO2)c1ccc(-n2ccnc2)cc1. The Morgan fingerprint density at radius 1 is 1.07 bits per heavy atom. The summed E-state index contributed by atoms with van der Waals surface area (Å²) >= 11 is 0. The van der Waals surface area contributed by atoms with Crippen LogP contribution >= 0.6 is 0 Å². The quantitative estimate of drug-likeness (QED) is 0.713. The molecule has 8 heteroatoms. The van der Waals surface area contributed by atoms with E-state index in [0.29, 0.717) is 24.7 Å². The van der Waals surface area contributed by atoms with Crippen molar-refractivity contribution in [2.75, 3.05) is 13.2 Å². The smallest absolute Gasteiger partial charge is 0.241 e. The molecule has 0 spiro atoms. The Morgan fingerprint density at radius 3 is 2.54 bits per heavy atom. The van der Waals surface area contributed by atoms with E-state index in [4.69, 9.17) is 9.47 Å². The third kappa shape index (κ3) is 3.88. The van der Waals surface area contributed by atoms with Crippen LogP contribution in [0.4, 0.5) is 0 Å². The van der Waals surface area contributed by atoms with Gasteiger partial charge in [0.2, 0.25) is 10.0 Å². The Morgan fingerprint density at radius 2 is 1.82 bits per heavy atom. The monoisotopic (exact) mass is 399 g/mol. The second kappa shape index (κ2) is 7.65. The summed E-state index contributed by atoms with van der Waals surface area (Å²) in [6.45, 7) is 2.87. The van der Waals surface area contributed by atoms with Crippen LogP contribution in [0.1, 0.15) is 24.9 Å². The van der Waals surface area contributed by atoms with Gasteiger partial charge < -0.3 is 14.0 Å². The van der Waals surface area contributed by atoms with Crippen LogP contribution in [0.3, 0.4) is 0 Å². The molecule has 28 heavy (non-hydrogen) atoms. The fraction of sp³-hybridized carbons (Fsp3) is 0.250. The Labute approximate surface area is 164 Å². The standard InChI is InChI=1S/C20H21N3O4S/c1-15(16-3-5-17(6-4-16)23-10-9-21-14-23)22-28(24,25)18-7-8-19-20(13-18)27-12-2-11-26-19/h3-10,13-15,22H,2,11-12H2,1H3/t15-/m1/s1. The number of ether oxygens (including phenoxy) is 2. The average Bonchev–Trinajstić information content (AvgIpc) is 3.13. The van der Waals surface area contributed by atoms with E-state index in [9.17, 15) is 8.42 Å². The first kappa shape index (κ1) is 18.5. The second-order valence-corrected chi connectivity index (χ2v) is 8.28. The topological polar surface area (TPSA) is 82.5 Å². The first-order chi connectivity index (χ1) is 13.5. The molecule has 1 aliphatic heterocycles. The summed E-state index contributed by atoms with van der Waals surface area (Å²) in [6, 6.07) is 11.9. The van der Waals surface area contributed by atoms with Crippen molar-refractivity contribution in [3.8, 4) is 17.2 Å². The lowest BCUT2D eigenvalue weighted by Crippen LogP contribution is -2.27. The van der Waals surface area contributed by atoms with Gasteiger partial charge in [0.1, 0.15) is 0 Å². The van der Waals surface area contributed by atoms with Crippen molar-refractivity contribution in [3.05, 3.63) is 66.7 Å². The summed E-state index contributed by atoms with van der Waals surface area (Å²) in [4.78, 5) is 4.18. The van der Waals surface area contributed by atoms with E-state index in [1.165, 1.54) is 12.1 Å². The molecule has 2 heterocycles. The summed E-state index contributed by atoms with van der Waals surface area (Å²) in [6.07, 6.45) is 6.04. The van der Waals surface area contributed by atoms with E-state index >= 15 is 0 Å². The summed E-state index contributed by atoms with van der Waals surface area (Å²) in [5.74, 6) is 1.03. The summed E-state index contributed by atoms with van der Waals surface area (Å²) in [5.41, 5.74) is 1.82. The number of nitrogens with one attached hydrogen (secondary N) is 1. The largest absolute Gasteiger partial charge is 0.490 e. The number of rotatable bonds is 5. The van der Waals surface area contributed by atoms with E-state index in [1.807, 2.05) is 42.0 Å². The molecule has 3 aromatic rings. The third-order valence-electron chi connectivity index (χ3n) is 4.56. The lowest BCUT2D eigenvalue weighted by Gasteiger charge is -2.16. The molecule has 0 saturated carbocycles. The minimum atomic E-state index is -3.71. The Hall–Kier alpha value is -2.84. The maximum Gasteiger partial charge on any atom is 0.241 e. The van der Waals surface area contributed by atoms with Crippen LogP contribution < -0.4 is 14.2 Å². The zero-order chi connectivity index (χ0) is 19.6. The molecule has 0 amide bonds. The van der Waals surface area contributed by atoms with Crippen molar-refractivity contribution in [1.29, 1.82) is 0 Å². The number of hydrogen-bond donors (Lipinski definition) is 1. The predicted molar refractivity (Wildman–Crippen MR) is 104 cm³/mol. The number of nitrogens with zero attached hydrogens (tertiary/aromatic N) is 2. The molecule has 0 unspecified atom stereocenters. The molecule has 0 saturated heterocycles. The zero-order valence-corrected chi connectivity index (χ0v) is 16.2. The fourth-order valence-electron chi connectivity index (χ4n) is 3.03. The molecule has 1 aliphatic rings. The van der Waals surface area contributed by atoms with Crippen molar-refractivity contribution >= 4 is 10.0 Å². The Kier molecular flexibility index (Phi) is 5.06. The Balaban J connectivity index is 1.52. The molecule has 0 aliphatic carbocycles. The van der Waals surface area contributed by atoms with E-state index in [0.717, 1.165) is 17.7 Å². The highest BCUT2D eigenvalue weighted by Gasteiger charge is 2.21. The number of imidazole rings is 1. The van der Waals surface area contributed by atoms with Gasteiger partial charge >= 0.3 is 0 Å². The third-order valence-corrected chi connectivity index (χ3v) is 6.10. The summed E-state index contributed by atoms with van der Waals surface area (Å²) < 4.78 is 41.4. The fourth-order valence-corrected chi connectivity index (χ4v) is 4.27. The molecule has 0 fully saturated rings. The van der Waals surface area contributed by atoms with Crippen LogP contribution in [0.15, 0.2) is 66.1 Å². The highest BCUT2D eigenvalue weighted by Crippen LogP contribution is 2.32. The van der Waals surface area contributed by atoms with Gasteiger partial charge in [-0.2, -0.15) is 0 Å². The van der Waals surface area contributed by atoms with Crippen molar-refractivity contribution in [2.24, 2.45) is 0 Å². The molecule has 2 aromatic carbocycles. The normalized spacial score (nSPS) is 15.0. The number of sulfonamides is 1. The minimum absolute atomic E-state index is 0.152. The lowest BCUT2D eigenvalue weighted by molar-refractivity contribution is 0.297. The van der Waals surface area contributed by atoms with Crippen LogP contribution in [0.5, 0.6) is 11.5 Å². The predicted octanol–water partition coefficient (Wildman–Crippen LogP) is 3.07. The van der Waals surface area contributed by atoms with Gasteiger partial charge in [0.05, 0.1) is 24.4 Å². The molecule has 0 radical (unpaired) electrons. The van der Waals surface area contributed by atoms with Crippen LogP contribution in [0, 0.1) is 0 Å². The van der Waals surface area contributed by atoms with Gasteiger partial charge in [-0.1, -0.05) is 12.1 Å². The minimum Gasteiger partial charge on any atom is -0.490 e. The maximum atomic E-state index is 12.8. The molecular weight excluding hydrogens is 378 g/mol. The van der Waals surface area contributed by atoms with Gasteiger partial charge in [-0.05, 0) is 36.8 Å². The van der Waals surface area contributed by atoms with Crippen LogP contribution in [0.2, 0.25) is 0 Å². The molecule has 4 rings (SSSR count). The first-order valence-electron chi connectivity index (χ1n) is 9.03. The van der Waals surface area contributed by atoms with Crippen molar-refractivity contribution in [3.63, 3.8) is 0 Å².